The van der Waals surface area contributed by atoms with Crippen LogP contribution in [0.15, 0.2) is 59.5 Å². The number of thiophene rings is 1. The zero-order valence-corrected chi connectivity index (χ0v) is 20.8. The van der Waals surface area contributed by atoms with E-state index in [1.54, 1.807) is 6.92 Å². The summed E-state index contributed by atoms with van der Waals surface area (Å²) in [5, 5.41) is 13.1. The largest absolute Gasteiger partial charge is 0.462 e. The lowest BCUT2D eigenvalue weighted by molar-refractivity contribution is -0.0328. The number of carbonyl (C=O) groups excluding carboxylic acids is 2. The number of amides is 1. The van der Waals surface area contributed by atoms with E-state index in [4.69, 9.17) is 4.74 Å². The molecule has 186 valence electrons. The first-order valence-corrected chi connectivity index (χ1v) is 12.7. The Balaban J connectivity index is 1.64. The summed E-state index contributed by atoms with van der Waals surface area (Å²) in [5.41, 5.74) is -3.10. The molecule has 0 fully saturated rings. The zero-order chi connectivity index (χ0) is 25.9. The zero-order valence-electron chi connectivity index (χ0n) is 19.1. The van der Waals surface area contributed by atoms with Crippen LogP contribution in [0.4, 0.5) is 18.2 Å². The molecule has 4 rings (SSSR count). The van der Waals surface area contributed by atoms with Gasteiger partial charge in [-0.1, -0.05) is 30.3 Å². The van der Waals surface area contributed by atoms with Gasteiger partial charge < -0.3 is 10.1 Å². The number of rotatable bonds is 6. The van der Waals surface area contributed by atoms with E-state index >= 15 is 0 Å². The van der Waals surface area contributed by atoms with E-state index in [-0.39, 0.29) is 34.4 Å². The summed E-state index contributed by atoms with van der Waals surface area (Å²) in [6.07, 6.45) is 1.36. The fourth-order valence-electron chi connectivity index (χ4n) is 4.27. The number of ether oxygens (including phenoxy) is 1. The summed E-state index contributed by atoms with van der Waals surface area (Å²) < 4.78 is 43.0. The van der Waals surface area contributed by atoms with Crippen LogP contribution in [0.25, 0.3) is 0 Å². The minimum atomic E-state index is -4.42. The van der Waals surface area contributed by atoms with E-state index in [1.165, 1.54) is 35.6 Å². The quantitative estimate of drug-likeness (QED) is 0.282. The molecule has 1 aromatic heterocycles. The number of anilines is 1. The smallest absolute Gasteiger partial charge is 0.446 e. The number of esters is 1. The molecule has 10 heteroatoms. The van der Waals surface area contributed by atoms with Gasteiger partial charge in [0, 0.05) is 21.8 Å². The van der Waals surface area contributed by atoms with Gasteiger partial charge in [0.25, 0.3) is 5.91 Å². The lowest BCUT2D eigenvalue weighted by Gasteiger charge is -2.31. The highest BCUT2D eigenvalue weighted by atomic mass is 32.2. The predicted octanol–water partition coefficient (Wildman–Crippen LogP) is 6.74. The fourth-order valence-corrected chi connectivity index (χ4v) is 6.16. The lowest BCUT2D eigenvalue weighted by atomic mass is 9.70. The normalized spacial score (nSPS) is 17.1. The number of thioether (sulfide) groups is 1. The summed E-state index contributed by atoms with van der Waals surface area (Å²) in [5.74, 6) is -1.12. The molecule has 0 saturated heterocycles. The Kier molecular flexibility index (Phi) is 7.43. The SMILES string of the molecule is CCOC(=O)c1c(NC(=O)c2ccc(SC(F)(F)F)cc2)sc2c1CC[C@](C#N)(c1ccccc1)C2. The molecule has 0 bridgehead atoms. The standard InChI is InChI=1S/C26H21F3N2O3S2/c1-2-34-24(33)21-19-12-13-25(15-30,17-6-4-3-5-7-17)14-20(19)35-23(21)31-22(32)16-8-10-18(11-9-16)36-26(27,28)29/h3-11H,2,12-14H2,1H3,(H,31,32)/t25-/m0/s1. The number of alkyl halides is 3. The fraction of sp³-hybridized carbons (Fsp3) is 0.269. The Morgan fingerprint density at radius 1 is 1.17 bits per heavy atom. The molecule has 1 amide bonds. The van der Waals surface area contributed by atoms with E-state index in [1.807, 2.05) is 30.3 Å². The third-order valence-electron chi connectivity index (χ3n) is 5.95. The van der Waals surface area contributed by atoms with Gasteiger partial charge in [-0.2, -0.15) is 18.4 Å². The molecule has 0 radical (unpaired) electrons. The highest BCUT2D eigenvalue weighted by Gasteiger charge is 2.40. The van der Waals surface area contributed by atoms with Crippen LogP contribution < -0.4 is 5.32 Å². The summed E-state index contributed by atoms with van der Waals surface area (Å²) in [6.45, 7) is 1.84. The monoisotopic (exact) mass is 530 g/mol. The van der Waals surface area contributed by atoms with Crippen molar-refractivity contribution < 1.29 is 27.5 Å². The average Bonchev–Trinajstić information content (AvgIpc) is 3.20. The first-order valence-electron chi connectivity index (χ1n) is 11.1. The van der Waals surface area contributed by atoms with Crippen molar-refractivity contribution in [3.63, 3.8) is 0 Å². The van der Waals surface area contributed by atoms with Gasteiger partial charge in [0.05, 0.1) is 23.7 Å². The molecule has 36 heavy (non-hydrogen) atoms. The second-order valence-electron chi connectivity index (χ2n) is 8.19. The molecule has 5 nitrogen and oxygen atoms in total. The van der Waals surface area contributed by atoms with Crippen molar-refractivity contribution in [2.45, 2.75) is 42.0 Å². The number of nitrogens with one attached hydrogen (secondary N) is 1. The minimum absolute atomic E-state index is 0.0356. The van der Waals surface area contributed by atoms with Gasteiger partial charge in [-0.3, -0.25) is 4.79 Å². The van der Waals surface area contributed by atoms with Gasteiger partial charge in [0.15, 0.2) is 0 Å². The van der Waals surface area contributed by atoms with Crippen LogP contribution in [0.2, 0.25) is 0 Å². The summed E-state index contributed by atoms with van der Waals surface area (Å²) in [4.78, 5) is 26.6. The number of hydrogen-bond acceptors (Lipinski definition) is 6. The number of hydrogen-bond donors (Lipinski definition) is 1. The van der Waals surface area contributed by atoms with Crippen molar-refractivity contribution in [1.29, 1.82) is 5.26 Å². The molecule has 0 saturated carbocycles. The minimum Gasteiger partial charge on any atom is -0.462 e. The first kappa shape index (κ1) is 25.8. The molecule has 1 heterocycles. The molecule has 0 spiro atoms. The maximum Gasteiger partial charge on any atom is 0.446 e. The Morgan fingerprint density at radius 3 is 2.47 bits per heavy atom. The van der Waals surface area contributed by atoms with Crippen LogP contribution in [0.5, 0.6) is 0 Å². The van der Waals surface area contributed by atoms with Gasteiger partial charge in [0.1, 0.15) is 5.00 Å². The van der Waals surface area contributed by atoms with Crippen LogP contribution in [-0.4, -0.2) is 24.0 Å². The first-order chi connectivity index (χ1) is 17.2. The molecule has 0 aliphatic heterocycles. The number of benzene rings is 2. The van der Waals surface area contributed by atoms with Gasteiger partial charge in [-0.25, -0.2) is 4.79 Å². The third kappa shape index (κ3) is 5.42. The highest BCUT2D eigenvalue weighted by Crippen LogP contribution is 2.46. The van der Waals surface area contributed by atoms with Crippen LogP contribution in [-0.2, 0) is 23.0 Å². The average molecular weight is 531 g/mol. The van der Waals surface area contributed by atoms with Crippen molar-refractivity contribution >= 4 is 40.0 Å². The Morgan fingerprint density at radius 2 is 1.86 bits per heavy atom. The Labute approximate surface area is 214 Å². The molecular weight excluding hydrogens is 509 g/mol. The summed E-state index contributed by atoms with van der Waals surface area (Å²) >= 11 is 0.964. The predicted molar refractivity (Wildman–Crippen MR) is 132 cm³/mol. The molecular formula is C26H21F3N2O3S2. The molecule has 1 aliphatic rings. The van der Waals surface area contributed by atoms with E-state index in [0.717, 1.165) is 16.0 Å². The Bertz CT molecular complexity index is 1320. The maximum absolute atomic E-state index is 12.9. The van der Waals surface area contributed by atoms with Crippen LogP contribution in [0.3, 0.4) is 0 Å². The highest BCUT2D eigenvalue weighted by molar-refractivity contribution is 8.00. The van der Waals surface area contributed by atoms with Crippen LogP contribution in [0.1, 0.15) is 50.1 Å². The van der Waals surface area contributed by atoms with Gasteiger partial charge >= 0.3 is 11.5 Å². The van der Waals surface area contributed by atoms with Crippen molar-refractivity contribution in [1.82, 2.24) is 0 Å². The van der Waals surface area contributed by atoms with Crippen LogP contribution in [0, 0.1) is 11.3 Å². The second-order valence-corrected chi connectivity index (χ2v) is 10.4. The third-order valence-corrected chi connectivity index (χ3v) is 7.84. The van der Waals surface area contributed by atoms with Crippen molar-refractivity contribution in [3.8, 4) is 6.07 Å². The van der Waals surface area contributed by atoms with E-state index < -0.39 is 22.8 Å². The molecule has 2 aromatic carbocycles. The van der Waals surface area contributed by atoms with Gasteiger partial charge in [-0.15, -0.1) is 11.3 Å². The van der Waals surface area contributed by atoms with E-state index in [0.29, 0.717) is 24.3 Å². The van der Waals surface area contributed by atoms with Gasteiger partial charge in [-0.05, 0) is 66.9 Å². The van der Waals surface area contributed by atoms with Crippen molar-refractivity contribution in [3.05, 3.63) is 81.7 Å². The second kappa shape index (κ2) is 10.4. The maximum atomic E-state index is 12.9. The number of carbonyl (C=O) groups is 2. The molecule has 1 aliphatic carbocycles. The number of nitriles is 1. The molecule has 0 unspecified atom stereocenters. The van der Waals surface area contributed by atoms with E-state index in [9.17, 15) is 28.0 Å². The lowest BCUT2D eigenvalue weighted by Crippen LogP contribution is -2.31. The molecule has 1 N–H and O–H groups in total. The number of nitrogens with zero attached hydrogens (tertiary/aromatic N) is 1. The Hall–Kier alpha value is -3.29. The van der Waals surface area contributed by atoms with Crippen LogP contribution >= 0.6 is 23.1 Å². The van der Waals surface area contributed by atoms with Gasteiger partial charge in [0.2, 0.25) is 0 Å². The van der Waals surface area contributed by atoms with E-state index in [2.05, 4.69) is 11.4 Å². The number of fused-ring (bicyclic) bond motifs is 1. The number of halogens is 3. The van der Waals surface area contributed by atoms with Crippen molar-refractivity contribution in [2.24, 2.45) is 0 Å². The topological polar surface area (TPSA) is 79.2 Å². The summed E-state index contributed by atoms with van der Waals surface area (Å²) in [6, 6.07) is 17.0. The molecule has 3 aromatic rings. The van der Waals surface area contributed by atoms with Crippen molar-refractivity contribution in [2.75, 3.05) is 11.9 Å². The molecule has 1 atom stereocenters. The summed E-state index contributed by atoms with van der Waals surface area (Å²) in [7, 11) is 0.